The molecule has 1 fully saturated rings. The van der Waals surface area contributed by atoms with Gasteiger partial charge in [0.25, 0.3) is 5.91 Å². The zero-order valence-electron chi connectivity index (χ0n) is 14.5. The molecule has 3 N–H and O–H groups in total. The number of nitrogens with two attached hydrogens (primary N) is 1. The van der Waals surface area contributed by atoms with Gasteiger partial charge in [-0.05, 0) is 13.3 Å². The number of aromatic nitrogens is 3. The fourth-order valence-electron chi connectivity index (χ4n) is 3.34. The molecule has 0 aliphatic carbocycles. The molecule has 1 amide bonds. The lowest BCUT2D eigenvalue weighted by Crippen LogP contribution is -2.49. The maximum Gasteiger partial charge on any atom is 0.260 e. The summed E-state index contributed by atoms with van der Waals surface area (Å²) < 4.78 is 7.50. The minimum Gasteiger partial charge on any atom is -0.379 e. The third-order valence-electron chi connectivity index (χ3n) is 4.71. The zero-order valence-corrected chi connectivity index (χ0v) is 16.1. The zero-order chi connectivity index (χ0) is 18.3. The van der Waals surface area contributed by atoms with E-state index < -0.39 is 5.54 Å². The highest BCUT2D eigenvalue weighted by Crippen LogP contribution is 2.46. The molecule has 26 heavy (non-hydrogen) atoms. The Kier molecular flexibility index (Phi) is 4.49. The van der Waals surface area contributed by atoms with Crippen molar-refractivity contribution >= 4 is 40.0 Å². The average molecular weight is 393 g/mol. The largest absolute Gasteiger partial charge is 0.379 e. The lowest BCUT2D eigenvalue weighted by atomic mass is 9.80. The van der Waals surface area contributed by atoms with Gasteiger partial charge in [-0.3, -0.25) is 9.48 Å². The molecular weight excluding hydrogens is 372 g/mol. The van der Waals surface area contributed by atoms with Gasteiger partial charge in [-0.25, -0.2) is 9.98 Å². The molecule has 1 unspecified atom stereocenters. The molecule has 138 valence electrons. The molecule has 0 spiro atoms. The fourth-order valence-corrected chi connectivity index (χ4v) is 5.31. The molecule has 0 radical (unpaired) electrons. The van der Waals surface area contributed by atoms with Crippen molar-refractivity contribution in [3.05, 3.63) is 28.3 Å². The average Bonchev–Trinajstić information content (AvgIpc) is 3.24. The van der Waals surface area contributed by atoms with Crippen LogP contribution in [0.25, 0.3) is 0 Å². The topological polar surface area (TPSA) is 107 Å². The number of ether oxygens (including phenoxy) is 1. The quantitative estimate of drug-likeness (QED) is 0.825. The van der Waals surface area contributed by atoms with Crippen molar-refractivity contribution in [1.29, 1.82) is 0 Å². The van der Waals surface area contributed by atoms with E-state index in [1.807, 2.05) is 5.38 Å². The Labute approximate surface area is 159 Å². The number of hydrogen-bond acceptors (Lipinski definition) is 8. The highest BCUT2D eigenvalue weighted by Gasteiger charge is 2.49. The predicted molar refractivity (Wildman–Crippen MR) is 103 cm³/mol. The van der Waals surface area contributed by atoms with Gasteiger partial charge < -0.3 is 15.8 Å². The molecule has 3 atom stereocenters. The van der Waals surface area contributed by atoms with Crippen LogP contribution in [0.1, 0.15) is 28.7 Å². The summed E-state index contributed by atoms with van der Waals surface area (Å²) in [7, 11) is 1.77. The molecule has 4 rings (SSSR count). The van der Waals surface area contributed by atoms with E-state index in [4.69, 9.17) is 15.5 Å². The van der Waals surface area contributed by atoms with Gasteiger partial charge in [0.05, 0.1) is 24.5 Å². The second-order valence-electron chi connectivity index (χ2n) is 6.63. The van der Waals surface area contributed by atoms with Gasteiger partial charge in [0.15, 0.2) is 5.17 Å². The molecule has 4 heterocycles. The Balaban J connectivity index is 1.59. The normalized spacial score (nSPS) is 28.3. The van der Waals surface area contributed by atoms with Gasteiger partial charge in [0.1, 0.15) is 16.4 Å². The first kappa shape index (κ1) is 17.5. The highest BCUT2D eigenvalue weighted by atomic mass is 32.2. The summed E-state index contributed by atoms with van der Waals surface area (Å²) in [6.07, 6.45) is 4.31. The van der Waals surface area contributed by atoms with Crippen molar-refractivity contribution in [3.8, 4) is 0 Å². The van der Waals surface area contributed by atoms with Crippen LogP contribution >= 0.6 is 23.1 Å². The summed E-state index contributed by atoms with van der Waals surface area (Å²) in [5.74, 6) is 1.49. The number of amides is 1. The van der Waals surface area contributed by atoms with E-state index in [-0.39, 0.29) is 12.0 Å². The number of nitrogens with zero attached hydrogens (tertiary/aromatic N) is 4. The van der Waals surface area contributed by atoms with Gasteiger partial charge in [-0.15, -0.1) is 11.3 Å². The smallest absolute Gasteiger partial charge is 0.260 e. The summed E-state index contributed by atoms with van der Waals surface area (Å²) in [6, 6.07) is 0. The highest BCUT2D eigenvalue weighted by molar-refractivity contribution is 8.13. The summed E-state index contributed by atoms with van der Waals surface area (Å²) >= 11 is 3.07. The minimum atomic E-state index is -0.552. The standard InChI is InChI=1S/C16H20N6O2S2/c1-9-3-11-6-26-15(17)21-16(11,8-24-9)14-20-12(7-25-14)19-13(23)10-4-18-22(2)5-10/h4-5,7,9,11H,3,6,8H2,1-2H3,(H2,17,21)(H,19,23)/t9-,11-,16?/m0/s1. The first-order valence-electron chi connectivity index (χ1n) is 8.32. The fraction of sp³-hybridized carbons (Fsp3) is 0.500. The third-order valence-corrected chi connectivity index (χ3v) is 6.67. The number of anilines is 1. The van der Waals surface area contributed by atoms with E-state index in [1.165, 1.54) is 17.5 Å². The van der Waals surface area contributed by atoms with Crippen LogP contribution in [-0.4, -0.2) is 44.3 Å². The molecule has 0 aromatic carbocycles. The van der Waals surface area contributed by atoms with Crippen LogP contribution in [0.15, 0.2) is 22.8 Å². The number of aryl methyl sites for hydroxylation is 1. The molecule has 1 saturated heterocycles. The minimum absolute atomic E-state index is 0.202. The molecule has 2 aliphatic rings. The van der Waals surface area contributed by atoms with Gasteiger partial charge in [-0.2, -0.15) is 5.10 Å². The number of aliphatic imine (C=N–C) groups is 1. The molecule has 0 bridgehead atoms. The van der Waals surface area contributed by atoms with Gasteiger partial charge in [0, 0.05) is 30.3 Å². The van der Waals surface area contributed by atoms with E-state index >= 15 is 0 Å². The molecule has 2 aromatic rings. The summed E-state index contributed by atoms with van der Waals surface area (Å²) in [5, 5.41) is 10.1. The van der Waals surface area contributed by atoms with Crippen molar-refractivity contribution in [2.24, 2.45) is 23.7 Å². The SMILES string of the molecule is C[C@H]1C[C@H]2CSC(N)=NC2(c2nc(NC(=O)c3cnn(C)c3)cs2)CO1. The van der Waals surface area contributed by atoms with Crippen LogP contribution < -0.4 is 11.1 Å². The van der Waals surface area contributed by atoms with Gasteiger partial charge in [0.2, 0.25) is 0 Å². The first-order chi connectivity index (χ1) is 12.5. The van der Waals surface area contributed by atoms with Crippen molar-refractivity contribution in [2.45, 2.75) is 25.0 Å². The molecule has 2 aliphatic heterocycles. The van der Waals surface area contributed by atoms with Crippen molar-refractivity contribution in [2.75, 3.05) is 17.7 Å². The van der Waals surface area contributed by atoms with Crippen LogP contribution in [-0.2, 0) is 17.3 Å². The number of rotatable bonds is 3. The van der Waals surface area contributed by atoms with E-state index in [1.54, 1.807) is 29.7 Å². The summed E-state index contributed by atoms with van der Waals surface area (Å²) in [6.45, 7) is 2.54. The van der Waals surface area contributed by atoms with Crippen molar-refractivity contribution in [1.82, 2.24) is 14.8 Å². The molecule has 2 aromatic heterocycles. The lowest BCUT2D eigenvalue weighted by Gasteiger charge is -2.44. The first-order valence-corrected chi connectivity index (χ1v) is 10.2. The number of fused-ring (bicyclic) bond motifs is 1. The maximum absolute atomic E-state index is 12.3. The molecular formula is C16H20N6O2S2. The summed E-state index contributed by atoms with van der Waals surface area (Å²) in [5.41, 5.74) is 5.96. The second-order valence-corrected chi connectivity index (χ2v) is 8.53. The Morgan fingerprint density at radius 2 is 2.38 bits per heavy atom. The van der Waals surface area contributed by atoms with Crippen LogP contribution in [0.5, 0.6) is 0 Å². The van der Waals surface area contributed by atoms with E-state index in [9.17, 15) is 4.79 Å². The number of carbonyl (C=O) groups is 1. The van der Waals surface area contributed by atoms with Crippen LogP contribution in [0.4, 0.5) is 5.82 Å². The van der Waals surface area contributed by atoms with Crippen molar-refractivity contribution < 1.29 is 9.53 Å². The maximum atomic E-state index is 12.3. The third kappa shape index (κ3) is 3.12. The monoisotopic (exact) mass is 392 g/mol. The van der Waals surface area contributed by atoms with Crippen LogP contribution in [0.3, 0.4) is 0 Å². The van der Waals surface area contributed by atoms with E-state index in [0.717, 1.165) is 17.2 Å². The van der Waals surface area contributed by atoms with Crippen molar-refractivity contribution in [3.63, 3.8) is 0 Å². The predicted octanol–water partition coefficient (Wildman–Crippen LogP) is 1.81. The molecule has 8 nitrogen and oxygen atoms in total. The number of thiazole rings is 1. The van der Waals surface area contributed by atoms with Crippen LogP contribution in [0, 0.1) is 5.92 Å². The van der Waals surface area contributed by atoms with E-state index in [2.05, 4.69) is 22.3 Å². The molecule has 0 saturated carbocycles. The Morgan fingerprint density at radius 3 is 3.15 bits per heavy atom. The Bertz CT molecular complexity index is 863. The van der Waals surface area contributed by atoms with Gasteiger partial charge >= 0.3 is 0 Å². The number of thioether (sulfide) groups is 1. The Hall–Kier alpha value is -1.91. The number of carbonyl (C=O) groups excluding carboxylic acids is 1. The summed E-state index contributed by atoms with van der Waals surface area (Å²) in [4.78, 5) is 21.7. The Morgan fingerprint density at radius 1 is 1.54 bits per heavy atom. The lowest BCUT2D eigenvalue weighted by molar-refractivity contribution is -0.0466. The number of amidine groups is 1. The van der Waals surface area contributed by atoms with Gasteiger partial charge in [-0.1, -0.05) is 11.8 Å². The second kappa shape index (κ2) is 6.67. The number of hydrogen-bond donors (Lipinski definition) is 2. The molecule has 10 heteroatoms. The number of nitrogens with one attached hydrogen (secondary N) is 1. The van der Waals surface area contributed by atoms with E-state index in [0.29, 0.717) is 29.1 Å². The van der Waals surface area contributed by atoms with Crippen LogP contribution in [0.2, 0.25) is 0 Å².